The molecule has 10 atom stereocenters. The summed E-state index contributed by atoms with van der Waals surface area (Å²) >= 11 is 0. The van der Waals surface area contributed by atoms with E-state index in [2.05, 4.69) is 83.1 Å². The molecule has 2 fully saturated rings. The summed E-state index contributed by atoms with van der Waals surface area (Å²) in [4.78, 5) is 0. The molecular weight excluding hydrogens is 610 g/mol. The van der Waals surface area contributed by atoms with E-state index in [-0.39, 0.29) is 65.4 Å². The van der Waals surface area contributed by atoms with Crippen LogP contribution in [0.2, 0.25) is 0 Å². The Morgan fingerprint density at radius 3 is 0.947 bits per heavy atom. The number of allylic oxidation sites excluding steroid dienone is 8. The Morgan fingerprint density at radius 1 is 0.447 bits per heavy atom. The summed E-state index contributed by atoms with van der Waals surface area (Å²) in [7, 11) is 0. The van der Waals surface area contributed by atoms with E-state index in [1.54, 1.807) is 44.6 Å². The fraction of sp³-hybridized carbons (Fsp3) is 0.750. The minimum atomic E-state index is 0. The quantitative estimate of drug-likeness (QED) is 0.261. The van der Waals surface area contributed by atoms with Gasteiger partial charge in [-0.2, -0.15) is 13.8 Å². The third kappa shape index (κ3) is 6.40. The SMILES string of the molecule is CC1=C(C)C2C(C)C(C)C(CCCC3C(C)C(C)C4C(C)=C(C)C(C)=C(C)C34)C2C(C)=C1C.C[CH-]C.[Y].[Y]. The van der Waals surface area contributed by atoms with Gasteiger partial charge < -0.3 is 6.42 Å². The van der Waals surface area contributed by atoms with Crippen molar-refractivity contribution in [2.24, 2.45) is 59.2 Å². The van der Waals surface area contributed by atoms with E-state index in [1.807, 2.05) is 20.3 Å². The number of hydrogen-bond donors (Lipinski definition) is 0. The van der Waals surface area contributed by atoms with Gasteiger partial charge in [0.1, 0.15) is 0 Å². The van der Waals surface area contributed by atoms with Gasteiger partial charge in [-0.1, -0.05) is 56.4 Å². The smallest absolute Gasteiger partial charge is 0 e. The zero-order valence-electron chi connectivity index (χ0n) is 27.6. The molecule has 0 aromatic rings. The average Bonchev–Trinajstić information content (AvgIpc) is 3.24. The van der Waals surface area contributed by atoms with Crippen LogP contribution < -0.4 is 0 Å². The van der Waals surface area contributed by atoms with Crippen molar-refractivity contribution in [3.05, 3.63) is 51.0 Å². The molecule has 2 saturated carbocycles. The molecule has 210 valence electrons. The molecule has 4 aliphatic rings. The molecule has 0 nitrogen and oxygen atoms in total. The van der Waals surface area contributed by atoms with E-state index in [1.165, 1.54) is 19.3 Å². The van der Waals surface area contributed by atoms with Gasteiger partial charge in [0.05, 0.1) is 0 Å². The molecule has 4 aliphatic carbocycles. The summed E-state index contributed by atoms with van der Waals surface area (Å²) in [6.07, 6.45) is 6.26. The van der Waals surface area contributed by atoms with Crippen molar-refractivity contribution in [3.8, 4) is 0 Å². The number of fused-ring (bicyclic) bond motifs is 2. The molecule has 10 unspecified atom stereocenters. The maximum Gasteiger partial charge on any atom is 0 e. The van der Waals surface area contributed by atoms with Gasteiger partial charge in [0.25, 0.3) is 0 Å². The molecule has 0 spiro atoms. The zero-order valence-corrected chi connectivity index (χ0v) is 33.3. The Morgan fingerprint density at radius 2 is 0.684 bits per heavy atom. The van der Waals surface area contributed by atoms with Gasteiger partial charge in [-0.3, -0.25) is 0 Å². The summed E-state index contributed by atoms with van der Waals surface area (Å²) in [6, 6.07) is 0. The van der Waals surface area contributed by atoms with Crippen molar-refractivity contribution in [2.45, 2.75) is 116 Å². The van der Waals surface area contributed by atoms with Crippen molar-refractivity contribution in [1.82, 2.24) is 0 Å². The first kappa shape index (κ1) is 37.2. The number of hydrogen-bond acceptors (Lipinski definition) is 0. The molecule has 0 heterocycles. The van der Waals surface area contributed by atoms with Gasteiger partial charge in [-0.25, -0.2) is 0 Å². The standard InChI is InChI=1S/C33H52.C3H7.2Y/c1-16-18(3)24(9)32-28(20(5)26(11)30(32)22(16)7)14-13-15-29-21(6)27(12)31-23(8)17(2)19(4)25(10)33(29)31;1-3-2;;/h20-21,26-33H,13-15H2,1-12H3;3H,1-2H3;;/q;-1;;. The van der Waals surface area contributed by atoms with Crippen LogP contribution in [-0.4, -0.2) is 0 Å². The first-order chi connectivity index (χ1) is 16.8. The first-order valence-electron chi connectivity index (χ1n) is 15.3. The van der Waals surface area contributed by atoms with Gasteiger partial charge in [-0.15, -0.1) is 0 Å². The van der Waals surface area contributed by atoms with Crippen LogP contribution in [0.15, 0.2) is 44.6 Å². The molecule has 0 saturated heterocycles. The van der Waals surface area contributed by atoms with Crippen LogP contribution in [0.25, 0.3) is 0 Å². The summed E-state index contributed by atoms with van der Waals surface area (Å²) < 4.78 is 0. The summed E-state index contributed by atoms with van der Waals surface area (Å²) in [5.74, 6) is 8.17. The van der Waals surface area contributed by atoms with Gasteiger partial charge >= 0.3 is 0 Å². The van der Waals surface area contributed by atoms with Crippen LogP contribution >= 0.6 is 0 Å². The van der Waals surface area contributed by atoms with Crippen LogP contribution in [0.3, 0.4) is 0 Å². The van der Waals surface area contributed by atoms with Crippen molar-refractivity contribution >= 4 is 0 Å². The topological polar surface area (TPSA) is 0 Å². The second-order valence-corrected chi connectivity index (χ2v) is 13.6. The van der Waals surface area contributed by atoms with Gasteiger partial charge in [0.15, 0.2) is 0 Å². The van der Waals surface area contributed by atoms with Crippen LogP contribution in [0.1, 0.15) is 116 Å². The normalized spacial score (nSPS) is 38.4. The monoisotopic (exact) mass is 669 g/mol. The Kier molecular flexibility index (Phi) is 14.7. The van der Waals surface area contributed by atoms with Crippen LogP contribution in [-0.2, 0) is 65.4 Å². The van der Waals surface area contributed by atoms with Crippen molar-refractivity contribution < 1.29 is 65.4 Å². The second kappa shape index (κ2) is 15.1. The molecule has 0 aromatic carbocycles. The van der Waals surface area contributed by atoms with Crippen molar-refractivity contribution in [1.29, 1.82) is 0 Å². The minimum Gasteiger partial charge on any atom is -0.335 e. The summed E-state index contributed by atoms with van der Waals surface area (Å²) in [5.41, 5.74) is 13.2. The Labute approximate surface area is 289 Å². The Hall–Kier alpha value is 1.17. The van der Waals surface area contributed by atoms with Gasteiger partial charge in [0.2, 0.25) is 0 Å². The maximum absolute atomic E-state index is 2.57. The Balaban J connectivity index is 0.00000138. The predicted molar refractivity (Wildman–Crippen MR) is 161 cm³/mol. The molecule has 0 aromatic heterocycles. The molecule has 0 bridgehead atoms. The molecular formula is C36H59Y2-. The fourth-order valence-corrected chi connectivity index (χ4v) is 9.44. The van der Waals surface area contributed by atoms with E-state index in [0.29, 0.717) is 0 Å². The van der Waals surface area contributed by atoms with Crippen molar-refractivity contribution in [3.63, 3.8) is 0 Å². The Bertz CT molecular complexity index is 884. The van der Waals surface area contributed by atoms with Crippen LogP contribution in [0.4, 0.5) is 0 Å². The average molecular weight is 670 g/mol. The molecule has 0 N–H and O–H groups in total. The molecule has 2 heteroatoms. The van der Waals surface area contributed by atoms with Gasteiger partial charge in [-0.05, 0) is 150 Å². The zero-order chi connectivity index (χ0) is 27.2. The number of rotatable bonds is 4. The van der Waals surface area contributed by atoms with E-state index in [0.717, 1.165) is 59.2 Å². The van der Waals surface area contributed by atoms with E-state index in [4.69, 9.17) is 0 Å². The molecule has 2 radical (unpaired) electrons. The molecule has 4 rings (SSSR count). The molecule has 0 aliphatic heterocycles. The molecule has 0 amide bonds. The third-order valence-corrected chi connectivity index (χ3v) is 12.4. The van der Waals surface area contributed by atoms with E-state index in [9.17, 15) is 0 Å². The van der Waals surface area contributed by atoms with E-state index >= 15 is 0 Å². The third-order valence-electron chi connectivity index (χ3n) is 12.4. The second-order valence-electron chi connectivity index (χ2n) is 13.6. The van der Waals surface area contributed by atoms with Crippen LogP contribution in [0.5, 0.6) is 0 Å². The first-order valence-corrected chi connectivity index (χ1v) is 15.3. The minimum absolute atomic E-state index is 0. The predicted octanol–water partition coefficient (Wildman–Crippen LogP) is 11.0. The summed E-state index contributed by atoms with van der Waals surface area (Å²) in [6.45, 7) is 33.6. The maximum atomic E-state index is 2.57. The van der Waals surface area contributed by atoms with E-state index < -0.39 is 0 Å². The summed E-state index contributed by atoms with van der Waals surface area (Å²) in [5, 5.41) is 0. The fourth-order valence-electron chi connectivity index (χ4n) is 9.44. The molecule has 38 heavy (non-hydrogen) atoms. The van der Waals surface area contributed by atoms with Crippen molar-refractivity contribution in [2.75, 3.05) is 0 Å². The largest absolute Gasteiger partial charge is 0.335 e. The van der Waals surface area contributed by atoms with Crippen LogP contribution in [0, 0.1) is 65.6 Å². The van der Waals surface area contributed by atoms with Gasteiger partial charge in [0, 0.05) is 65.4 Å².